The number of amides is 1. The molecular weight excluding hydrogens is 228 g/mol. The van der Waals surface area contributed by atoms with Crippen LogP contribution in [0.15, 0.2) is 6.33 Å². The largest absolute Gasteiger partial charge is 0.393 e. The van der Waals surface area contributed by atoms with Gasteiger partial charge in [-0.05, 0) is 0 Å². The average molecular weight is 242 g/mol. The number of hydrogen-bond donors (Lipinski definition) is 2. The molecule has 8 heteroatoms. The molecule has 0 aromatic carbocycles. The van der Waals surface area contributed by atoms with Crippen LogP contribution in [0.4, 0.5) is 0 Å². The molecule has 2 heterocycles. The van der Waals surface area contributed by atoms with E-state index in [1.165, 1.54) is 18.1 Å². The fourth-order valence-electron chi connectivity index (χ4n) is 1.70. The lowest BCUT2D eigenvalue weighted by molar-refractivity contribution is -0.0558. The summed E-state index contributed by atoms with van der Waals surface area (Å²) in [7, 11) is 1.51. The number of hydrogen-bond acceptors (Lipinski definition) is 6. The molecule has 2 rings (SSSR count). The van der Waals surface area contributed by atoms with Gasteiger partial charge in [-0.2, -0.15) is 0 Å². The second kappa shape index (κ2) is 4.40. The van der Waals surface area contributed by atoms with E-state index in [9.17, 15) is 9.90 Å². The summed E-state index contributed by atoms with van der Waals surface area (Å²) in [4.78, 5) is 14.6. The maximum absolute atomic E-state index is 10.8. The maximum atomic E-state index is 10.8. The van der Waals surface area contributed by atoms with Gasteiger partial charge in [0, 0.05) is 13.5 Å². The first-order chi connectivity index (χ1) is 8.10. The number of methoxy groups -OCH3 is 1. The summed E-state index contributed by atoms with van der Waals surface area (Å²) in [6.07, 6.45) is 1.39. The Morgan fingerprint density at radius 2 is 2.65 bits per heavy atom. The van der Waals surface area contributed by atoms with E-state index >= 15 is 0 Å². The molecule has 0 unspecified atom stereocenters. The molecule has 17 heavy (non-hydrogen) atoms. The highest BCUT2D eigenvalue weighted by Crippen LogP contribution is 2.32. The SMILES string of the molecule is CO[C@]1(CO)CO[C@H](n2cnc(C(N)=O)n2)C1. The van der Waals surface area contributed by atoms with Crippen LogP contribution in [0.5, 0.6) is 0 Å². The summed E-state index contributed by atoms with van der Waals surface area (Å²) in [6, 6.07) is 0. The molecule has 0 saturated carbocycles. The van der Waals surface area contributed by atoms with Crippen molar-refractivity contribution < 1.29 is 19.4 Å². The minimum Gasteiger partial charge on any atom is -0.393 e. The molecule has 0 aliphatic carbocycles. The summed E-state index contributed by atoms with van der Waals surface area (Å²) in [6.45, 7) is 0.119. The number of aliphatic hydroxyl groups is 1. The molecule has 1 aliphatic rings. The topological polar surface area (TPSA) is 112 Å². The normalized spacial score (nSPS) is 28.5. The Kier molecular flexibility index (Phi) is 3.09. The Morgan fingerprint density at radius 1 is 1.88 bits per heavy atom. The fourth-order valence-corrected chi connectivity index (χ4v) is 1.70. The Morgan fingerprint density at radius 3 is 3.12 bits per heavy atom. The van der Waals surface area contributed by atoms with Gasteiger partial charge in [-0.25, -0.2) is 9.67 Å². The van der Waals surface area contributed by atoms with E-state index in [4.69, 9.17) is 15.2 Å². The molecule has 1 fully saturated rings. The summed E-state index contributed by atoms with van der Waals surface area (Å²) in [5.74, 6) is -0.755. The Hall–Kier alpha value is -1.51. The molecule has 0 spiro atoms. The number of ether oxygens (including phenoxy) is 2. The number of aromatic nitrogens is 3. The first kappa shape index (κ1) is 12.0. The van der Waals surface area contributed by atoms with E-state index in [2.05, 4.69) is 10.1 Å². The third-order valence-corrected chi connectivity index (χ3v) is 2.83. The first-order valence-electron chi connectivity index (χ1n) is 5.09. The molecule has 94 valence electrons. The van der Waals surface area contributed by atoms with Crippen LogP contribution in [0.3, 0.4) is 0 Å². The molecule has 1 aromatic rings. The molecular formula is C9H14N4O4. The second-order valence-corrected chi connectivity index (χ2v) is 3.93. The van der Waals surface area contributed by atoms with E-state index in [0.29, 0.717) is 6.42 Å². The molecule has 0 bridgehead atoms. The fraction of sp³-hybridized carbons (Fsp3) is 0.667. The molecule has 1 aromatic heterocycles. The summed E-state index contributed by atoms with van der Waals surface area (Å²) in [5, 5.41) is 13.1. The summed E-state index contributed by atoms with van der Waals surface area (Å²) >= 11 is 0. The zero-order valence-corrected chi connectivity index (χ0v) is 9.37. The van der Waals surface area contributed by atoms with Crippen molar-refractivity contribution in [1.82, 2.24) is 14.8 Å². The molecule has 1 aliphatic heterocycles. The van der Waals surface area contributed by atoms with Crippen LogP contribution in [0.1, 0.15) is 23.3 Å². The van der Waals surface area contributed by atoms with Gasteiger partial charge in [0.15, 0.2) is 6.23 Å². The highest BCUT2D eigenvalue weighted by atomic mass is 16.6. The van der Waals surface area contributed by atoms with Crippen molar-refractivity contribution in [2.75, 3.05) is 20.3 Å². The van der Waals surface area contributed by atoms with Crippen molar-refractivity contribution in [3.63, 3.8) is 0 Å². The van der Waals surface area contributed by atoms with Crippen LogP contribution in [0.2, 0.25) is 0 Å². The van der Waals surface area contributed by atoms with Gasteiger partial charge in [0.05, 0.1) is 13.2 Å². The van der Waals surface area contributed by atoms with Crippen LogP contribution < -0.4 is 5.73 Å². The molecule has 3 N–H and O–H groups in total. The van der Waals surface area contributed by atoms with E-state index in [-0.39, 0.29) is 19.0 Å². The predicted octanol–water partition coefficient (Wildman–Crippen LogP) is -1.33. The van der Waals surface area contributed by atoms with Crippen molar-refractivity contribution in [3.8, 4) is 0 Å². The molecule has 1 saturated heterocycles. The number of aliphatic hydroxyl groups excluding tert-OH is 1. The quantitative estimate of drug-likeness (QED) is 0.676. The number of nitrogens with two attached hydrogens (primary N) is 1. The van der Waals surface area contributed by atoms with Crippen molar-refractivity contribution >= 4 is 5.91 Å². The monoisotopic (exact) mass is 242 g/mol. The lowest BCUT2D eigenvalue weighted by Crippen LogP contribution is -2.36. The van der Waals surface area contributed by atoms with Crippen LogP contribution in [0.25, 0.3) is 0 Å². The van der Waals surface area contributed by atoms with Crippen molar-refractivity contribution in [1.29, 1.82) is 0 Å². The van der Waals surface area contributed by atoms with Crippen LogP contribution >= 0.6 is 0 Å². The van der Waals surface area contributed by atoms with E-state index in [0.717, 1.165) is 0 Å². The van der Waals surface area contributed by atoms with Gasteiger partial charge in [0.25, 0.3) is 5.91 Å². The van der Waals surface area contributed by atoms with Gasteiger partial charge in [-0.1, -0.05) is 0 Å². The van der Waals surface area contributed by atoms with Crippen LogP contribution in [0, 0.1) is 0 Å². The highest BCUT2D eigenvalue weighted by molar-refractivity contribution is 5.88. The summed E-state index contributed by atoms with van der Waals surface area (Å²) < 4.78 is 12.1. The predicted molar refractivity (Wildman–Crippen MR) is 55.0 cm³/mol. The average Bonchev–Trinajstić information content (AvgIpc) is 2.96. The Balaban J connectivity index is 2.12. The van der Waals surface area contributed by atoms with E-state index in [1.807, 2.05) is 0 Å². The van der Waals surface area contributed by atoms with Crippen LogP contribution in [-0.2, 0) is 9.47 Å². The molecule has 2 atom stereocenters. The number of carbonyl (C=O) groups is 1. The van der Waals surface area contributed by atoms with Crippen molar-refractivity contribution in [2.45, 2.75) is 18.2 Å². The highest BCUT2D eigenvalue weighted by Gasteiger charge is 2.41. The van der Waals surface area contributed by atoms with Crippen molar-refractivity contribution in [3.05, 3.63) is 12.2 Å². The number of rotatable bonds is 4. The number of nitrogens with zero attached hydrogens (tertiary/aromatic N) is 3. The summed E-state index contributed by atoms with van der Waals surface area (Å²) in [5.41, 5.74) is 4.33. The second-order valence-electron chi connectivity index (χ2n) is 3.93. The Bertz CT molecular complexity index is 415. The zero-order valence-electron chi connectivity index (χ0n) is 9.37. The van der Waals surface area contributed by atoms with Gasteiger partial charge in [0.1, 0.15) is 11.9 Å². The van der Waals surface area contributed by atoms with Gasteiger partial charge >= 0.3 is 0 Å². The molecule has 1 amide bonds. The lowest BCUT2D eigenvalue weighted by Gasteiger charge is -2.22. The number of carbonyl (C=O) groups excluding carboxylic acids is 1. The number of primary amides is 1. The van der Waals surface area contributed by atoms with Crippen molar-refractivity contribution in [2.24, 2.45) is 5.73 Å². The molecule has 0 radical (unpaired) electrons. The minimum absolute atomic E-state index is 0.0625. The Labute approximate surface area is 97.3 Å². The van der Waals surface area contributed by atoms with Gasteiger partial charge in [-0.3, -0.25) is 4.79 Å². The van der Waals surface area contributed by atoms with E-state index < -0.39 is 17.7 Å². The maximum Gasteiger partial charge on any atom is 0.288 e. The van der Waals surface area contributed by atoms with Gasteiger partial charge < -0.3 is 20.3 Å². The first-order valence-corrected chi connectivity index (χ1v) is 5.09. The zero-order chi connectivity index (χ0) is 12.5. The lowest BCUT2D eigenvalue weighted by atomic mass is 10.0. The standard InChI is InChI=1S/C9H14N4O4/c1-16-9(3-14)2-6(17-4-9)13-5-11-8(12-13)7(10)15/h5-6,14H,2-4H2,1H3,(H2,10,15)/t6-,9+/m0/s1. The van der Waals surface area contributed by atoms with Crippen LogP contribution in [-0.4, -0.2) is 51.7 Å². The van der Waals surface area contributed by atoms with Gasteiger partial charge in [-0.15, -0.1) is 5.10 Å². The smallest absolute Gasteiger partial charge is 0.288 e. The third kappa shape index (κ3) is 2.14. The third-order valence-electron chi connectivity index (χ3n) is 2.83. The van der Waals surface area contributed by atoms with Gasteiger partial charge in [0.2, 0.25) is 5.82 Å². The van der Waals surface area contributed by atoms with E-state index in [1.54, 1.807) is 0 Å². The molecule has 8 nitrogen and oxygen atoms in total. The minimum atomic E-state index is -0.719.